The monoisotopic (exact) mass is 1130 g/mol. The van der Waals surface area contributed by atoms with E-state index in [9.17, 15) is 45.6 Å². The lowest BCUT2D eigenvalue weighted by molar-refractivity contribution is -0.366. The first-order valence-corrected chi connectivity index (χ1v) is 27.9. The highest BCUT2D eigenvalue weighted by atomic mass is 16.7. The Morgan fingerprint density at radius 1 is 0.747 bits per heavy atom. The fourth-order valence-corrected chi connectivity index (χ4v) is 11.6. The standard InChI is InChI=1S/C58H96O21/c1-29-17-16-18-40(59)43(69-13)25-45(76-55(65)33(5)23-31(3)21-30(2)22-32(4)41(20-19-29)77-56-51(63)50(62)52(71-15)37(9)74-56)53(64)58(67)35(7)48(60)34(6)42(79-58)24-39(28-68-12)75-47-27-57(11,66)54(38(10)73-47)78-46-26-44(70-14)49(61)36(8)72-46/h17,19-23,32,34-54,56,59-64,66-67H,16,18,24-28H2,1-15H3/b20-19-,29-17-,30-22-,31-21-,33-23-/t32-,34+,35-,36-,37+,38+,39-,40+,41-,42-,43+,44-,45+,46+,47+,48+,49-,50+,51+,52+,53-,54+,56+,57+,58-/m1/s1. The molecule has 79 heavy (non-hydrogen) atoms. The molecule has 0 aliphatic carbocycles. The van der Waals surface area contributed by atoms with Gasteiger partial charge in [0, 0.05) is 77.4 Å². The summed E-state index contributed by atoms with van der Waals surface area (Å²) in [6, 6.07) is 0. The van der Waals surface area contributed by atoms with Crippen molar-refractivity contribution in [3.8, 4) is 0 Å². The van der Waals surface area contributed by atoms with Crippen LogP contribution in [0.4, 0.5) is 0 Å². The third-order valence-electron chi connectivity index (χ3n) is 16.4. The number of cyclic esters (lactones) is 1. The van der Waals surface area contributed by atoms with Crippen LogP contribution in [0.15, 0.2) is 58.7 Å². The zero-order chi connectivity index (χ0) is 58.8. The number of hydrogen-bond donors (Lipinski definition) is 8. The minimum absolute atomic E-state index is 0.00743. The van der Waals surface area contributed by atoms with Crippen LogP contribution in [0.5, 0.6) is 0 Å². The second-order valence-corrected chi connectivity index (χ2v) is 23.0. The van der Waals surface area contributed by atoms with Gasteiger partial charge in [-0.3, -0.25) is 0 Å². The lowest BCUT2D eigenvalue weighted by atomic mass is 9.76. The van der Waals surface area contributed by atoms with Crippen LogP contribution in [0.1, 0.15) is 115 Å². The van der Waals surface area contributed by atoms with E-state index in [1.807, 2.05) is 51.2 Å². The summed E-state index contributed by atoms with van der Waals surface area (Å²) in [5, 5.41) is 92.6. The van der Waals surface area contributed by atoms with Crippen molar-refractivity contribution in [1.29, 1.82) is 0 Å². The molecule has 454 valence electrons. The van der Waals surface area contributed by atoms with E-state index in [1.54, 1.807) is 54.5 Å². The Labute approximate surface area is 467 Å². The summed E-state index contributed by atoms with van der Waals surface area (Å²) in [5.41, 5.74) is 0.977. The normalized spacial score (nSPS) is 46.7. The molecule has 4 saturated heterocycles. The van der Waals surface area contributed by atoms with Crippen LogP contribution in [-0.2, 0) is 61.6 Å². The molecule has 0 bridgehead atoms. The minimum Gasteiger partial charge on any atom is -0.456 e. The van der Waals surface area contributed by atoms with E-state index in [-0.39, 0.29) is 50.2 Å². The first-order valence-electron chi connectivity index (χ1n) is 27.9. The largest absolute Gasteiger partial charge is 0.456 e. The number of carbonyl (C=O) groups is 1. The molecule has 0 saturated carbocycles. The van der Waals surface area contributed by atoms with Gasteiger partial charge in [0.2, 0.25) is 5.79 Å². The van der Waals surface area contributed by atoms with E-state index in [2.05, 4.69) is 0 Å². The predicted octanol–water partition coefficient (Wildman–Crippen LogP) is 3.59. The molecule has 0 amide bonds. The fraction of sp³-hybridized carbons (Fsp3) is 0.810. The van der Waals surface area contributed by atoms with Crippen molar-refractivity contribution in [2.45, 2.75) is 249 Å². The molecule has 0 aromatic rings. The molecular formula is C58H96O21. The highest BCUT2D eigenvalue weighted by Gasteiger charge is 2.57. The van der Waals surface area contributed by atoms with Gasteiger partial charge in [-0.25, -0.2) is 4.79 Å². The van der Waals surface area contributed by atoms with Crippen LogP contribution in [-0.4, -0.2) is 216 Å². The maximum Gasteiger partial charge on any atom is 0.334 e. The van der Waals surface area contributed by atoms with Crippen molar-refractivity contribution in [2.24, 2.45) is 17.8 Å². The summed E-state index contributed by atoms with van der Waals surface area (Å²) in [4.78, 5) is 14.1. The number of esters is 1. The Bertz CT molecular complexity index is 2080. The van der Waals surface area contributed by atoms with Gasteiger partial charge in [0.25, 0.3) is 0 Å². The van der Waals surface area contributed by atoms with Gasteiger partial charge >= 0.3 is 5.97 Å². The van der Waals surface area contributed by atoms with Crippen LogP contribution in [0.2, 0.25) is 0 Å². The highest BCUT2D eigenvalue weighted by Crippen LogP contribution is 2.43. The van der Waals surface area contributed by atoms with Crippen molar-refractivity contribution in [3.05, 3.63) is 58.7 Å². The van der Waals surface area contributed by atoms with E-state index in [1.165, 1.54) is 35.4 Å². The molecule has 21 heteroatoms. The average molecular weight is 1130 g/mol. The van der Waals surface area contributed by atoms with Gasteiger partial charge in [0.05, 0.1) is 73.2 Å². The molecule has 0 unspecified atom stereocenters. The molecule has 25 atom stereocenters. The number of hydrogen-bond acceptors (Lipinski definition) is 21. The van der Waals surface area contributed by atoms with Crippen LogP contribution in [0.25, 0.3) is 0 Å². The number of ether oxygens (including phenoxy) is 12. The van der Waals surface area contributed by atoms with Crippen molar-refractivity contribution < 1.29 is 102 Å². The third kappa shape index (κ3) is 17.3. The van der Waals surface area contributed by atoms with Crippen molar-refractivity contribution in [1.82, 2.24) is 0 Å². The SMILES string of the molecule is COC[C@@H](C[C@H]1O[C@@](O)([C@H](O)[C@@H]2C[C@H](OC)[C@@H](O)CC/C=C(C)\C=C/[C@@H](O[C@@H]3O[C@@H](C)[C@H](OC)[C@@H](O)[C@@H]3O)[C@H](C)\C=C(C)/C=C(C)\C=C(\C)C(=O)O2)[C@H](C)[C@@H](O)[C@H]1C)O[C@H]1C[C@](C)(O)[C@@H](O[C@H]2C[C@@H](OC)[C@H](O)[C@@H](C)O2)[C@H](C)O1. The molecule has 5 aliphatic rings. The van der Waals surface area contributed by atoms with Crippen LogP contribution in [0, 0.1) is 17.8 Å². The van der Waals surface area contributed by atoms with Crippen LogP contribution < -0.4 is 0 Å². The van der Waals surface area contributed by atoms with E-state index < -0.39 is 152 Å². The zero-order valence-corrected chi connectivity index (χ0v) is 49.1. The van der Waals surface area contributed by atoms with Gasteiger partial charge in [0.15, 0.2) is 18.9 Å². The molecule has 0 aromatic heterocycles. The smallest absolute Gasteiger partial charge is 0.334 e. The molecule has 0 spiro atoms. The number of aliphatic hydroxyl groups is 8. The fourth-order valence-electron chi connectivity index (χ4n) is 11.6. The van der Waals surface area contributed by atoms with Gasteiger partial charge < -0.3 is 97.7 Å². The van der Waals surface area contributed by atoms with Crippen molar-refractivity contribution in [2.75, 3.05) is 35.0 Å². The quantitative estimate of drug-likeness (QED) is 0.109. The number of allylic oxidation sites excluding steroid dienone is 7. The zero-order valence-electron chi connectivity index (χ0n) is 49.1. The van der Waals surface area contributed by atoms with E-state index in [0.29, 0.717) is 12.0 Å². The molecule has 5 rings (SSSR count). The van der Waals surface area contributed by atoms with Gasteiger partial charge in [0.1, 0.15) is 42.7 Å². The molecule has 5 heterocycles. The summed E-state index contributed by atoms with van der Waals surface area (Å²) in [6.07, 6.45) is -8.27. The number of rotatable bonds is 15. The van der Waals surface area contributed by atoms with Gasteiger partial charge in [-0.2, -0.15) is 0 Å². The number of aliphatic hydroxyl groups excluding tert-OH is 6. The summed E-state index contributed by atoms with van der Waals surface area (Å²) < 4.78 is 72.0. The second-order valence-electron chi connectivity index (χ2n) is 23.0. The Balaban J connectivity index is 1.37. The summed E-state index contributed by atoms with van der Waals surface area (Å²) in [7, 11) is 5.80. The van der Waals surface area contributed by atoms with Crippen LogP contribution in [0.3, 0.4) is 0 Å². The Morgan fingerprint density at radius 3 is 2.05 bits per heavy atom. The van der Waals surface area contributed by atoms with E-state index in [4.69, 9.17) is 56.8 Å². The van der Waals surface area contributed by atoms with Gasteiger partial charge in [-0.15, -0.1) is 0 Å². The van der Waals surface area contributed by atoms with E-state index >= 15 is 0 Å². The Hall–Kier alpha value is -2.59. The minimum atomic E-state index is -2.54. The lowest BCUT2D eigenvalue weighted by Crippen LogP contribution is -2.66. The molecule has 0 aromatic carbocycles. The topological polar surface area (TPSA) is 290 Å². The summed E-state index contributed by atoms with van der Waals surface area (Å²) in [5.74, 6) is -5.45. The number of carbonyl (C=O) groups excluding carboxylic acids is 1. The lowest BCUT2D eigenvalue weighted by Gasteiger charge is -2.51. The maximum absolute atomic E-state index is 14.1. The van der Waals surface area contributed by atoms with E-state index in [0.717, 1.165) is 11.1 Å². The summed E-state index contributed by atoms with van der Waals surface area (Å²) >= 11 is 0. The molecule has 4 fully saturated rings. The second kappa shape index (κ2) is 29.8. The highest BCUT2D eigenvalue weighted by molar-refractivity contribution is 5.88. The molecule has 8 N–H and O–H groups in total. The Kier molecular flexibility index (Phi) is 25.3. The number of methoxy groups -OCH3 is 4. The van der Waals surface area contributed by atoms with Crippen molar-refractivity contribution >= 4 is 5.97 Å². The predicted molar refractivity (Wildman–Crippen MR) is 288 cm³/mol. The van der Waals surface area contributed by atoms with Crippen molar-refractivity contribution in [3.63, 3.8) is 0 Å². The average Bonchev–Trinajstić information content (AvgIpc) is 3.46. The van der Waals surface area contributed by atoms with Gasteiger partial charge in [-0.1, -0.05) is 67.9 Å². The summed E-state index contributed by atoms with van der Waals surface area (Å²) in [6.45, 7) is 19.1. The van der Waals surface area contributed by atoms with Crippen LogP contribution >= 0.6 is 0 Å². The molecule has 0 radical (unpaired) electrons. The third-order valence-corrected chi connectivity index (χ3v) is 16.4. The Morgan fingerprint density at radius 2 is 1.42 bits per heavy atom. The molecular weight excluding hydrogens is 1030 g/mol. The first-order chi connectivity index (χ1) is 37.1. The maximum atomic E-state index is 14.1. The molecule has 21 nitrogen and oxygen atoms in total. The van der Waals surface area contributed by atoms with Gasteiger partial charge in [-0.05, 0) is 74.3 Å². The molecule has 5 aliphatic heterocycles. The first kappa shape index (κ1) is 67.2.